The lowest BCUT2D eigenvalue weighted by atomic mass is 10.1. The Morgan fingerprint density at radius 2 is 0.794 bits per heavy atom. The maximum Gasteiger partial charge on any atom is 0.305 e. The molecule has 63 heavy (non-hydrogen) atoms. The fourth-order valence-corrected chi connectivity index (χ4v) is 8.07. The lowest BCUT2D eigenvalue weighted by Gasteiger charge is -2.20. The first-order valence-electron chi connectivity index (χ1n) is 27.4. The van der Waals surface area contributed by atoms with Gasteiger partial charge in [0.05, 0.1) is 25.4 Å². The fourth-order valence-electron chi connectivity index (χ4n) is 8.07. The van der Waals surface area contributed by atoms with Gasteiger partial charge in [-0.15, -0.1) is 0 Å². The Kier molecular flexibility index (Phi) is 50.6. The lowest BCUT2D eigenvalue weighted by Crippen LogP contribution is -2.45. The number of hydrogen-bond acceptors (Lipinski definition) is 5. The van der Waals surface area contributed by atoms with E-state index >= 15 is 0 Å². The number of rotatable bonds is 50. The molecule has 6 heteroatoms. The van der Waals surface area contributed by atoms with Crippen LogP contribution in [0.25, 0.3) is 0 Å². The number of aliphatic hydroxyl groups is 2. The van der Waals surface area contributed by atoms with Gasteiger partial charge in [0, 0.05) is 12.8 Å². The predicted octanol–water partition coefficient (Wildman–Crippen LogP) is 16.6. The summed E-state index contributed by atoms with van der Waals surface area (Å²) in [6.45, 7) is 4.84. The molecule has 0 aromatic rings. The Labute approximate surface area is 391 Å². The molecule has 2 atom stereocenters. The quantitative estimate of drug-likeness (QED) is 0.0321. The molecule has 1 amide bonds. The van der Waals surface area contributed by atoms with Crippen molar-refractivity contribution in [2.24, 2.45) is 0 Å². The van der Waals surface area contributed by atoms with E-state index in [4.69, 9.17) is 4.74 Å². The highest BCUT2D eigenvalue weighted by Crippen LogP contribution is 2.15. The number of unbranched alkanes of at least 4 members (excludes halogenated alkanes) is 33. The maximum absolute atomic E-state index is 12.4. The van der Waals surface area contributed by atoms with Crippen molar-refractivity contribution in [3.05, 3.63) is 48.6 Å². The number of allylic oxidation sites excluding steroid dienone is 7. The van der Waals surface area contributed by atoms with Crippen molar-refractivity contribution in [1.29, 1.82) is 0 Å². The Hall–Kier alpha value is -2.18. The Balaban J connectivity index is 3.45. The number of carbonyl (C=O) groups excluding carboxylic acids is 2. The number of aliphatic hydroxyl groups excluding tert-OH is 2. The summed E-state index contributed by atoms with van der Waals surface area (Å²) in [5, 5.41) is 23.0. The second kappa shape index (κ2) is 52.4. The summed E-state index contributed by atoms with van der Waals surface area (Å²) in [4.78, 5) is 24.4. The standard InChI is InChI=1S/C57H105NO5/c1-3-5-7-9-11-13-15-16-23-27-31-35-39-43-47-51-57(62)63-52-48-44-40-36-32-28-25-22-20-18-17-19-21-24-26-30-34-38-42-46-50-56(61)58-54(53-59)55(60)49-45-41-37-33-29-14-12-10-8-6-4-2/h11,13,16-17,19,23,45,49,54-55,59-60H,3-10,12,14-15,18,20-22,24-44,46-48,50-53H2,1-2H3,(H,58,61)/b13-11-,19-17-,23-16-,49-45+. The summed E-state index contributed by atoms with van der Waals surface area (Å²) in [5.74, 6) is -0.0886. The molecule has 0 aliphatic carbocycles. The number of esters is 1. The van der Waals surface area contributed by atoms with Gasteiger partial charge in [0.1, 0.15) is 0 Å². The van der Waals surface area contributed by atoms with Gasteiger partial charge in [-0.1, -0.05) is 223 Å². The van der Waals surface area contributed by atoms with Crippen LogP contribution < -0.4 is 5.32 Å². The molecule has 0 aliphatic heterocycles. The van der Waals surface area contributed by atoms with E-state index in [2.05, 4.69) is 55.6 Å². The van der Waals surface area contributed by atoms with Gasteiger partial charge >= 0.3 is 5.97 Å². The Bertz CT molecular complexity index is 1070. The maximum atomic E-state index is 12.4. The summed E-state index contributed by atoms with van der Waals surface area (Å²) < 4.78 is 5.46. The summed E-state index contributed by atoms with van der Waals surface area (Å²) in [5.41, 5.74) is 0. The third kappa shape index (κ3) is 49.1. The van der Waals surface area contributed by atoms with Gasteiger partial charge in [-0.3, -0.25) is 9.59 Å². The van der Waals surface area contributed by atoms with Crippen LogP contribution in [-0.2, 0) is 14.3 Å². The van der Waals surface area contributed by atoms with Gasteiger partial charge in [-0.2, -0.15) is 0 Å². The van der Waals surface area contributed by atoms with Crippen molar-refractivity contribution in [3.63, 3.8) is 0 Å². The van der Waals surface area contributed by atoms with Crippen molar-refractivity contribution in [3.8, 4) is 0 Å². The van der Waals surface area contributed by atoms with Crippen LogP contribution in [0.4, 0.5) is 0 Å². The van der Waals surface area contributed by atoms with Crippen LogP contribution in [0.1, 0.15) is 277 Å². The molecule has 3 N–H and O–H groups in total. The smallest absolute Gasteiger partial charge is 0.305 e. The first kappa shape index (κ1) is 60.8. The molecule has 0 aliphatic rings. The summed E-state index contributed by atoms with van der Waals surface area (Å²) in [7, 11) is 0. The van der Waals surface area contributed by atoms with Crippen LogP contribution in [0.2, 0.25) is 0 Å². The Morgan fingerprint density at radius 1 is 0.444 bits per heavy atom. The zero-order valence-corrected chi connectivity index (χ0v) is 41.8. The second-order valence-electron chi connectivity index (χ2n) is 18.5. The van der Waals surface area contributed by atoms with Crippen LogP contribution in [0.15, 0.2) is 48.6 Å². The van der Waals surface area contributed by atoms with E-state index in [1.54, 1.807) is 6.08 Å². The van der Waals surface area contributed by atoms with E-state index in [1.165, 1.54) is 193 Å². The van der Waals surface area contributed by atoms with E-state index < -0.39 is 12.1 Å². The van der Waals surface area contributed by atoms with Crippen LogP contribution in [-0.4, -0.2) is 47.4 Å². The fraction of sp³-hybridized carbons (Fsp3) is 0.825. The molecule has 6 nitrogen and oxygen atoms in total. The van der Waals surface area contributed by atoms with E-state index in [9.17, 15) is 19.8 Å². The van der Waals surface area contributed by atoms with E-state index in [0.717, 1.165) is 57.8 Å². The van der Waals surface area contributed by atoms with Crippen molar-refractivity contribution >= 4 is 11.9 Å². The normalized spacial score (nSPS) is 13.0. The van der Waals surface area contributed by atoms with Crippen LogP contribution in [0, 0.1) is 0 Å². The molecule has 0 spiro atoms. The minimum absolute atomic E-state index is 0.00937. The molecule has 0 bridgehead atoms. The highest BCUT2D eigenvalue weighted by Gasteiger charge is 2.18. The largest absolute Gasteiger partial charge is 0.466 e. The minimum Gasteiger partial charge on any atom is -0.466 e. The molecule has 0 aromatic heterocycles. The molecule has 2 unspecified atom stereocenters. The SMILES string of the molecule is CCCCC/C=C\C/C=C\CCCCCCCC(=O)OCCCCCCCCCCC/C=C\CCCCCCCCCC(=O)NC(CO)C(O)/C=C/CCCCCCCCCCC. The summed E-state index contributed by atoms with van der Waals surface area (Å²) >= 11 is 0. The first-order valence-corrected chi connectivity index (χ1v) is 27.4. The molecular formula is C57H105NO5. The third-order valence-corrected chi connectivity index (χ3v) is 12.3. The van der Waals surface area contributed by atoms with Gasteiger partial charge in [0.25, 0.3) is 0 Å². The average molecular weight is 884 g/mol. The van der Waals surface area contributed by atoms with Gasteiger partial charge in [0.15, 0.2) is 0 Å². The van der Waals surface area contributed by atoms with Gasteiger partial charge in [-0.25, -0.2) is 0 Å². The summed E-state index contributed by atoms with van der Waals surface area (Å²) in [6.07, 6.45) is 65.5. The molecule has 368 valence electrons. The van der Waals surface area contributed by atoms with Crippen molar-refractivity contribution in [2.45, 2.75) is 289 Å². The van der Waals surface area contributed by atoms with Crippen LogP contribution >= 0.6 is 0 Å². The molecule has 0 radical (unpaired) electrons. The zero-order chi connectivity index (χ0) is 45.8. The van der Waals surface area contributed by atoms with E-state index in [-0.39, 0.29) is 18.5 Å². The van der Waals surface area contributed by atoms with Gasteiger partial charge < -0.3 is 20.3 Å². The lowest BCUT2D eigenvalue weighted by molar-refractivity contribution is -0.143. The number of carbonyl (C=O) groups is 2. The van der Waals surface area contributed by atoms with Crippen molar-refractivity contribution in [2.75, 3.05) is 13.2 Å². The topological polar surface area (TPSA) is 95.9 Å². The first-order chi connectivity index (χ1) is 31.0. The predicted molar refractivity (Wildman–Crippen MR) is 273 cm³/mol. The molecule has 0 saturated carbocycles. The number of ether oxygens (including phenoxy) is 1. The van der Waals surface area contributed by atoms with Crippen LogP contribution in [0.5, 0.6) is 0 Å². The van der Waals surface area contributed by atoms with Gasteiger partial charge in [-0.05, 0) is 89.9 Å². The van der Waals surface area contributed by atoms with Crippen molar-refractivity contribution in [1.82, 2.24) is 5.32 Å². The average Bonchev–Trinajstić information content (AvgIpc) is 3.28. The zero-order valence-electron chi connectivity index (χ0n) is 41.8. The molecule has 0 fully saturated rings. The highest BCUT2D eigenvalue weighted by atomic mass is 16.5. The molecule has 0 rings (SSSR count). The molecule has 0 heterocycles. The minimum atomic E-state index is -0.849. The number of nitrogens with one attached hydrogen (secondary N) is 1. The van der Waals surface area contributed by atoms with E-state index in [1.807, 2.05) is 6.08 Å². The number of hydrogen-bond donors (Lipinski definition) is 3. The summed E-state index contributed by atoms with van der Waals surface area (Å²) in [6, 6.07) is -0.634. The molecular weight excluding hydrogens is 779 g/mol. The number of amides is 1. The molecule has 0 aromatic carbocycles. The van der Waals surface area contributed by atoms with Gasteiger partial charge in [0.2, 0.25) is 5.91 Å². The Morgan fingerprint density at radius 3 is 1.25 bits per heavy atom. The third-order valence-electron chi connectivity index (χ3n) is 12.3. The second-order valence-corrected chi connectivity index (χ2v) is 18.5. The van der Waals surface area contributed by atoms with E-state index in [0.29, 0.717) is 19.4 Å². The monoisotopic (exact) mass is 884 g/mol. The van der Waals surface area contributed by atoms with Crippen molar-refractivity contribution < 1.29 is 24.5 Å². The molecule has 0 saturated heterocycles. The highest BCUT2D eigenvalue weighted by molar-refractivity contribution is 5.76. The van der Waals surface area contributed by atoms with Crippen LogP contribution in [0.3, 0.4) is 0 Å².